The molecule has 0 fully saturated rings. The summed E-state index contributed by atoms with van der Waals surface area (Å²) in [4.78, 5) is 10.4. The highest BCUT2D eigenvalue weighted by Gasteiger charge is 2.14. The molecule has 0 bridgehead atoms. The zero-order valence-electron chi connectivity index (χ0n) is 9.49. The van der Waals surface area contributed by atoms with Crippen LogP contribution in [0.1, 0.15) is 26.3 Å². The largest absolute Gasteiger partial charge is 0.283 e. The molecule has 16 heavy (non-hydrogen) atoms. The van der Waals surface area contributed by atoms with Gasteiger partial charge in [0.2, 0.25) is 0 Å². The number of hydrogen-bond donors (Lipinski definition) is 0. The quantitative estimate of drug-likeness (QED) is 0.614. The Morgan fingerprint density at radius 2 is 2.06 bits per heavy atom. The standard InChI is InChI=1S/C11H14BrNO2S/c1-11(2,3)16-7-8-4-5-9(12)10(6-8)13(14)15/h4-6H,7H2,1-3H3. The highest BCUT2D eigenvalue weighted by atomic mass is 79.9. The van der Waals surface area contributed by atoms with Crippen molar-refractivity contribution < 1.29 is 4.92 Å². The van der Waals surface area contributed by atoms with E-state index in [1.54, 1.807) is 23.9 Å². The van der Waals surface area contributed by atoms with E-state index >= 15 is 0 Å². The van der Waals surface area contributed by atoms with E-state index in [9.17, 15) is 10.1 Å². The summed E-state index contributed by atoms with van der Waals surface area (Å²) in [5.41, 5.74) is 1.11. The maximum Gasteiger partial charge on any atom is 0.283 e. The molecule has 0 radical (unpaired) electrons. The molecule has 3 nitrogen and oxygen atoms in total. The normalized spacial score (nSPS) is 11.5. The van der Waals surface area contributed by atoms with Crippen LogP contribution in [0, 0.1) is 10.1 Å². The van der Waals surface area contributed by atoms with Gasteiger partial charge >= 0.3 is 0 Å². The molecule has 0 saturated carbocycles. The lowest BCUT2D eigenvalue weighted by atomic mass is 10.2. The van der Waals surface area contributed by atoms with Crippen molar-refractivity contribution in [2.45, 2.75) is 31.3 Å². The molecule has 0 saturated heterocycles. The van der Waals surface area contributed by atoms with Crippen molar-refractivity contribution in [3.63, 3.8) is 0 Å². The van der Waals surface area contributed by atoms with Gasteiger partial charge in [0.15, 0.2) is 0 Å². The summed E-state index contributed by atoms with van der Waals surface area (Å²) in [6.07, 6.45) is 0. The Hall–Kier alpha value is -0.550. The van der Waals surface area contributed by atoms with Crippen LogP contribution in [0.5, 0.6) is 0 Å². The third-order valence-corrected chi connectivity index (χ3v) is 3.89. The molecule has 1 aromatic rings. The summed E-state index contributed by atoms with van der Waals surface area (Å²) >= 11 is 4.95. The fraction of sp³-hybridized carbons (Fsp3) is 0.455. The van der Waals surface area contributed by atoms with E-state index in [-0.39, 0.29) is 15.4 Å². The van der Waals surface area contributed by atoms with Gasteiger partial charge in [-0.25, -0.2) is 0 Å². The Morgan fingerprint density at radius 1 is 1.44 bits per heavy atom. The van der Waals surface area contributed by atoms with Crippen molar-refractivity contribution in [3.05, 3.63) is 38.3 Å². The van der Waals surface area contributed by atoms with Crippen LogP contribution >= 0.6 is 27.7 Å². The van der Waals surface area contributed by atoms with Gasteiger partial charge in [0.1, 0.15) is 0 Å². The molecule has 0 aromatic heterocycles. The summed E-state index contributed by atoms with van der Waals surface area (Å²) in [7, 11) is 0. The minimum Gasteiger partial charge on any atom is -0.258 e. The van der Waals surface area contributed by atoms with Gasteiger partial charge in [-0.2, -0.15) is 11.8 Å². The molecule has 1 aromatic carbocycles. The lowest BCUT2D eigenvalue weighted by Gasteiger charge is -2.17. The van der Waals surface area contributed by atoms with Crippen molar-refractivity contribution in [1.82, 2.24) is 0 Å². The second-order valence-electron chi connectivity index (χ2n) is 4.44. The highest BCUT2D eigenvalue weighted by Crippen LogP contribution is 2.31. The molecule has 5 heteroatoms. The summed E-state index contributed by atoms with van der Waals surface area (Å²) in [6, 6.07) is 5.27. The van der Waals surface area contributed by atoms with Gasteiger partial charge in [-0.3, -0.25) is 10.1 Å². The monoisotopic (exact) mass is 303 g/mol. The first-order chi connectivity index (χ1) is 7.29. The van der Waals surface area contributed by atoms with E-state index in [4.69, 9.17) is 0 Å². The Bertz CT molecular complexity index is 401. The van der Waals surface area contributed by atoms with Crippen molar-refractivity contribution in [2.75, 3.05) is 0 Å². The zero-order valence-corrected chi connectivity index (χ0v) is 11.9. The summed E-state index contributed by atoms with van der Waals surface area (Å²) in [5.74, 6) is 0.789. The van der Waals surface area contributed by atoms with E-state index in [1.165, 1.54) is 0 Å². The highest BCUT2D eigenvalue weighted by molar-refractivity contribution is 9.10. The average Bonchev–Trinajstić information content (AvgIpc) is 2.14. The number of hydrogen-bond acceptors (Lipinski definition) is 3. The molecule has 0 amide bonds. The zero-order chi connectivity index (χ0) is 12.3. The Balaban J connectivity index is 2.83. The number of nitro groups is 1. The number of thioether (sulfide) groups is 1. The van der Waals surface area contributed by atoms with Crippen LogP contribution in [-0.2, 0) is 5.75 Å². The van der Waals surface area contributed by atoms with Gasteiger partial charge in [0, 0.05) is 16.6 Å². The third-order valence-electron chi connectivity index (χ3n) is 1.88. The van der Waals surface area contributed by atoms with Crippen LogP contribution in [0.25, 0.3) is 0 Å². The van der Waals surface area contributed by atoms with Gasteiger partial charge in [0.05, 0.1) is 9.40 Å². The van der Waals surface area contributed by atoms with Crippen LogP contribution in [0.15, 0.2) is 22.7 Å². The molecule has 0 spiro atoms. The second-order valence-corrected chi connectivity index (χ2v) is 7.10. The van der Waals surface area contributed by atoms with Gasteiger partial charge < -0.3 is 0 Å². The third kappa shape index (κ3) is 4.14. The van der Waals surface area contributed by atoms with Gasteiger partial charge in [-0.1, -0.05) is 26.8 Å². The molecule has 0 heterocycles. The van der Waals surface area contributed by atoms with Crippen molar-refractivity contribution >= 4 is 33.4 Å². The molecular weight excluding hydrogens is 290 g/mol. The smallest absolute Gasteiger partial charge is 0.258 e. The fourth-order valence-corrected chi connectivity index (χ4v) is 2.26. The molecule has 0 aliphatic heterocycles. The van der Waals surface area contributed by atoms with E-state index in [0.717, 1.165) is 11.3 Å². The van der Waals surface area contributed by atoms with Gasteiger partial charge in [-0.15, -0.1) is 0 Å². The minimum absolute atomic E-state index is 0.131. The maximum atomic E-state index is 10.7. The van der Waals surface area contributed by atoms with Crippen LogP contribution < -0.4 is 0 Å². The number of halogens is 1. The van der Waals surface area contributed by atoms with Crippen LogP contribution in [0.3, 0.4) is 0 Å². The van der Waals surface area contributed by atoms with Gasteiger partial charge in [0.25, 0.3) is 5.69 Å². The van der Waals surface area contributed by atoms with Crippen molar-refractivity contribution in [2.24, 2.45) is 0 Å². The molecule has 0 aliphatic rings. The van der Waals surface area contributed by atoms with E-state index in [0.29, 0.717) is 4.47 Å². The van der Waals surface area contributed by atoms with Crippen molar-refractivity contribution in [1.29, 1.82) is 0 Å². The lowest BCUT2D eigenvalue weighted by Crippen LogP contribution is -2.07. The fourth-order valence-electron chi connectivity index (χ4n) is 1.09. The molecule has 0 atom stereocenters. The predicted molar refractivity (Wildman–Crippen MR) is 71.8 cm³/mol. The number of benzene rings is 1. The van der Waals surface area contributed by atoms with Crippen LogP contribution in [-0.4, -0.2) is 9.67 Å². The molecular formula is C11H14BrNO2S. The number of rotatable bonds is 3. The maximum absolute atomic E-state index is 10.7. The summed E-state index contributed by atoms with van der Waals surface area (Å²) < 4.78 is 0.698. The van der Waals surface area contributed by atoms with Gasteiger partial charge in [-0.05, 0) is 27.6 Å². The second kappa shape index (κ2) is 5.19. The SMILES string of the molecule is CC(C)(C)SCc1ccc(Br)c([N+](=O)[O-])c1. The Morgan fingerprint density at radius 3 is 2.56 bits per heavy atom. The molecule has 0 unspecified atom stereocenters. The molecule has 88 valence electrons. The van der Waals surface area contributed by atoms with Crippen LogP contribution in [0.4, 0.5) is 5.69 Å². The average molecular weight is 304 g/mol. The van der Waals surface area contributed by atoms with E-state index in [2.05, 4.69) is 36.7 Å². The molecule has 0 aliphatic carbocycles. The van der Waals surface area contributed by atoms with E-state index in [1.807, 2.05) is 6.07 Å². The Labute approximate surface area is 108 Å². The first kappa shape index (κ1) is 13.5. The summed E-state index contributed by atoms with van der Waals surface area (Å²) in [6.45, 7) is 6.39. The Kier molecular flexibility index (Phi) is 4.38. The van der Waals surface area contributed by atoms with Crippen molar-refractivity contribution in [3.8, 4) is 0 Å². The van der Waals surface area contributed by atoms with E-state index < -0.39 is 0 Å². The van der Waals surface area contributed by atoms with Crippen LogP contribution in [0.2, 0.25) is 0 Å². The topological polar surface area (TPSA) is 43.1 Å². The molecule has 0 N–H and O–H groups in total. The first-order valence-electron chi connectivity index (χ1n) is 4.86. The number of nitrogens with zero attached hydrogens (tertiary/aromatic N) is 1. The number of nitro benzene ring substituents is 1. The summed E-state index contributed by atoms with van der Waals surface area (Å²) in [5, 5.41) is 10.7. The lowest BCUT2D eigenvalue weighted by molar-refractivity contribution is -0.385. The molecule has 1 rings (SSSR count). The minimum atomic E-state index is -0.366. The predicted octanol–water partition coefficient (Wildman–Crippen LogP) is 4.39. The first-order valence-corrected chi connectivity index (χ1v) is 6.64.